The number of fused-ring (bicyclic) bond motifs is 1. The zero-order chi connectivity index (χ0) is 12.5. The third-order valence-corrected chi connectivity index (χ3v) is 4.63. The molecular weight excluding hydrogens is 242 g/mol. The summed E-state index contributed by atoms with van der Waals surface area (Å²) in [5, 5.41) is 0. The van der Waals surface area contributed by atoms with E-state index in [1.54, 1.807) is 17.5 Å². The standard InChI is InChI=1S/C15H15NOS/c1-10-6-7-12(9-16-10)15(17)14-8-11-4-2-3-5-13(11)18-14/h6-9H,2-5H2,1H3. The van der Waals surface area contributed by atoms with Crippen LogP contribution in [0.2, 0.25) is 0 Å². The van der Waals surface area contributed by atoms with Crippen LogP contribution in [0.1, 0.15) is 44.2 Å². The smallest absolute Gasteiger partial charge is 0.204 e. The molecule has 0 bridgehead atoms. The van der Waals surface area contributed by atoms with Crippen LogP contribution in [0.3, 0.4) is 0 Å². The monoisotopic (exact) mass is 257 g/mol. The topological polar surface area (TPSA) is 30.0 Å². The highest BCUT2D eigenvalue weighted by Gasteiger charge is 2.18. The van der Waals surface area contributed by atoms with Gasteiger partial charge in [-0.25, -0.2) is 0 Å². The van der Waals surface area contributed by atoms with Gasteiger partial charge in [0.15, 0.2) is 0 Å². The van der Waals surface area contributed by atoms with Gasteiger partial charge in [0.25, 0.3) is 0 Å². The lowest BCUT2D eigenvalue weighted by atomic mass is 9.99. The third-order valence-electron chi connectivity index (χ3n) is 3.39. The van der Waals surface area contributed by atoms with E-state index >= 15 is 0 Å². The number of hydrogen-bond acceptors (Lipinski definition) is 3. The van der Waals surface area contributed by atoms with Gasteiger partial charge in [-0.2, -0.15) is 0 Å². The maximum absolute atomic E-state index is 12.3. The highest BCUT2D eigenvalue weighted by atomic mass is 32.1. The number of thiophene rings is 1. The van der Waals surface area contributed by atoms with Crippen LogP contribution in [0.5, 0.6) is 0 Å². The molecule has 0 radical (unpaired) electrons. The van der Waals surface area contributed by atoms with Crippen LogP contribution in [0.25, 0.3) is 0 Å². The molecule has 18 heavy (non-hydrogen) atoms. The number of nitrogens with zero attached hydrogens (tertiary/aromatic N) is 1. The number of ketones is 1. The van der Waals surface area contributed by atoms with Gasteiger partial charge >= 0.3 is 0 Å². The largest absolute Gasteiger partial charge is 0.288 e. The minimum atomic E-state index is 0.113. The normalized spacial score (nSPS) is 14.3. The van der Waals surface area contributed by atoms with Crippen molar-refractivity contribution < 1.29 is 4.79 Å². The maximum Gasteiger partial charge on any atom is 0.204 e. The molecule has 0 saturated carbocycles. The van der Waals surface area contributed by atoms with Crippen molar-refractivity contribution in [2.75, 3.05) is 0 Å². The van der Waals surface area contributed by atoms with Crippen molar-refractivity contribution >= 4 is 17.1 Å². The van der Waals surface area contributed by atoms with E-state index in [9.17, 15) is 4.79 Å². The van der Waals surface area contributed by atoms with Gasteiger partial charge in [0.05, 0.1) is 4.88 Å². The average Bonchev–Trinajstić information content (AvgIpc) is 2.82. The Kier molecular flexibility index (Phi) is 3.00. The third kappa shape index (κ3) is 2.10. The average molecular weight is 257 g/mol. The van der Waals surface area contributed by atoms with Gasteiger partial charge in [-0.15, -0.1) is 11.3 Å². The highest BCUT2D eigenvalue weighted by Crippen LogP contribution is 2.30. The summed E-state index contributed by atoms with van der Waals surface area (Å²) in [7, 11) is 0. The fraction of sp³-hybridized carbons (Fsp3) is 0.333. The second kappa shape index (κ2) is 4.65. The molecule has 0 atom stereocenters. The van der Waals surface area contributed by atoms with E-state index in [1.165, 1.54) is 23.3 Å². The fourth-order valence-electron chi connectivity index (χ4n) is 2.35. The molecule has 0 fully saturated rings. The molecule has 0 unspecified atom stereocenters. The molecule has 0 aliphatic heterocycles. The number of rotatable bonds is 2. The molecule has 2 heterocycles. The Balaban J connectivity index is 1.92. The maximum atomic E-state index is 12.3. The molecule has 3 heteroatoms. The quantitative estimate of drug-likeness (QED) is 0.770. The van der Waals surface area contributed by atoms with Crippen LogP contribution in [-0.4, -0.2) is 10.8 Å². The number of hydrogen-bond donors (Lipinski definition) is 0. The first-order valence-corrected chi connectivity index (χ1v) is 7.14. The summed E-state index contributed by atoms with van der Waals surface area (Å²) >= 11 is 1.67. The molecule has 1 aliphatic rings. The second-order valence-electron chi connectivity index (χ2n) is 4.78. The number of aromatic nitrogens is 1. The van der Waals surface area contributed by atoms with E-state index < -0.39 is 0 Å². The van der Waals surface area contributed by atoms with Crippen LogP contribution in [0.15, 0.2) is 24.4 Å². The molecule has 3 rings (SSSR count). The number of carbonyl (C=O) groups is 1. The van der Waals surface area contributed by atoms with Crippen LogP contribution in [-0.2, 0) is 12.8 Å². The Morgan fingerprint density at radius 3 is 2.83 bits per heavy atom. The minimum Gasteiger partial charge on any atom is -0.288 e. The van der Waals surface area contributed by atoms with Crippen molar-refractivity contribution in [3.63, 3.8) is 0 Å². The number of aryl methyl sites for hydroxylation is 3. The van der Waals surface area contributed by atoms with E-state index in [4.69, 9.17) is 0 Å². The molecule has 0 amide bonds. The summed E-state index contributed by atoms with van der Waals surface area (Å²) < 4.78 is 0. The zero-order valence-electron chi connectivity index (χ0n) is 10.4. The lowest BCUT2D eigenvalue weighted by Crippen LogP contribution is -1.99. The van der Waals surface area contributed by atoms with Crippen LogP contribution in [0.4, 0.5) is 0 Å². The molecule has 0 N–H and O–H groups in total. The molecule has 1 aliphatic carbocycles. The lowest BCUT2D eigenvalue weighted by molar-refractivity contribution is 0.104. The van der Waals surface area contributed by atoms with Gasteiger partial charge < -0.3 is 0 Å². The predicted molar refractivity (Wildman–Crippen MR) is 73.4 cm³/mol. The Bertz CT molecular complexity index is 560. The molecule has 0 saturated heterocycles. The van der Waals surface area contributed by atoms with Crippen molar-refractivity contribution in [2.45, 2.75) is 32.6 Å². The summed E-state index contributed by atoms with van der Waals surface area (Å²) in [5.74, 6) is 0.113. The first-order valence-electron chi connectivity index (χ1n) is 6.33. The SMILES string of the molecule is Cc1ccc(C(=O)c2cc3c(s2)CCCC3)cn1. The van der Waals surface area contributed by atoms with Gasteiger partial charge in [0, 0.05) is 22.3 Å². The number of pyridine rings is 1. The van der Waals surface area contributed by atoms with E-state index in [-0.39, 0.29) is 5.78 Å². The molecule has 2 aromatic heterocycles. The first-order chi connectivity index (χ1) is 8.74. The Morgan fingerprint density at radius 2 is 2.11 bits per heavy atom. The van der Waals surface area contributed by atoms with E-state index in [0.717, 1.165) is 23.4 Å². The predicted octanol–water partition coefficient (Wildman–Crippen LogP) is 3.56. The summed E-state index contributed by atoms with van der Waals surface area (Å²) in [6.07, 6.45) is 6.46. The van der Waals surface area contributed by atoms with Crippen molar-refractivity contribution in [1.82, 2.24) is 4.98 Å². The molecule has 0 spiro atoms. The van der Waals surface area contributed by atoms with E-state index in [2.05, 4.69) is 11.1 Å². The van der Waals surface area contributed by atoms with Crippen molar-refractivity contribution in [2.24, 2.45) is 0 Å². The lowest BCUT2D eigenvalue weighted by Gasteiger charge is -2.08. The van der Waals surface area contributed by atoms with Crippen molar-refractivity contribution in [3.05, 3.63) is 51.0 Å². The first kappa shape index (κ1) is 11.6. The highest BCUT2D eigenvalue weighted by molar-refractivity contribution is 7.14. The summed E-state index contributed by atoms with van der Waals surface area (Å²) in [6.45, 7) is 1.93. The zero-order valence-corrected chi connectivity index (χ0v) is 11.2. The molecular formula is C15H15NOS. The van der Waals surface area contributed by atoms with Gasteiger partial charge in [0.1, 0.15) is 0 Å². The van der Waals surface area contributed by atoms with Gasteiger partial charge in [-0.05, 0) is 56.4 Å². The van der Waals surface area contributed by atoms with Crippen molar-refractivity contribution in [1.29, 1.82) is 0 Å². The summed E-state index contributed by atoms with van der Waals surface area (Å²) in [5.41, 5.74) is 3.02. The van der Waals surface area contributed by atoms with E-state index in [0.29, 0.717) is 5.56 Å². The Hall–Kier alpha value is -1.48. The second-order valence-corrected chi connectivity index (χ2v) is 5.92. The van der Waals surface area contributed by atoms with Gasteiger partial charge in [0.2, 0.25) is 5.78 Å². The summed E-state index contributed by atoms with van der Waals surface area (Å²) in [6, 6.07) is 5.84. The van der Waals surface area contributed by atoms with Crippen LogP contribution in [0, 0.1) is 6.92 Å². The summed E-state index contributed by atoms with van der Waals surface area (Å²) in [4.78, 5) is 18.8. The molecule has 0 aromatic carbocycles. The minimum absolute atomic E-state index is 0.113. The van der Waals surface area contributed by atoms with E-state index in [1.807, 2.05) is 19.1 Å². The molecule has 2 aromatic rings. The molecule has 92 valence electrons. The fourth-order valence-corrected chi connectivity index (χ4v) is 3.56. The number of carbonyl (C=O) groups excluding carboxylic acids is 1. The van der Waals surface area contributed by atoms with Gasteiger partial charge in [-0.1, -0.05) is 0 Å². The van der Waals surface area contributed by atoms with Crippen LogP contribution >= 0.6 is 11.3 Å². The van der Waals surface area contributed by atoms with Crippen molar-refractivity contribution in [3.8, 4) is 0 Å². The van der Waals surface area contributed by atoms with Crippen LogP contribution < -0.4 is 0 Å². The van der Waals surface area contributed by atoms with Gasteiger partial charge in [-0.3, -0.25) is 9.78 Å². The Labute approximate surface area is 111 Å². The molecule has 2 nitrogen and oxygen atoms in total. The Morgan fingerprint density at radius 1 is 1.28 bits per heavy atom.